The second kappa shape index (κ2) is 7.43. The van der Waals surface area contributed by atoms with Crippen LogP contribution in [-0.2, 0) is 14.8 Å². The van der Waals surface area contributed by atoms with Gasteiger partial charge < -0.3 is 5.11 Å². The van der Waals surface area contributed by atoms with Crippen molar-refractivity contribution >= 4 is 16.0 Å². The molecule has 1 heterocycles. The van der Waals surface area contributed by atoms with Gasteiger partial charge in [0, 0.05) is 19.1 Å². The number of aliphatic carboxylic acids is 1. The molecule has 6 nitrogen and oxygen atoms in total. The SMILES string of the molecule is Cc1cc(C)c(C)c(S(=O)(=O)N2CCC(N(C)CC(=O)O)CC2)c1C. The van der Waals surface area contributed by atoms with E-state index < -0.39 is 16.0 Å². The normalized spacial score (nSPS) is 17.2. The molecule has 0 spiro atoms. The van der Waals surface area contributed by atoms with Gasteiger partial charge in [-0.3, -0.25) is 9.69 Å². The van der Waals surface area contributed by atoms with E-state index in [9.17, 15) is 13.2 Å². The predicted molar refractivity (Wildman–Crippen MR) is 97.4 cm³/mol. The van der Waals surface area contributed by atoms with E-state index in [0.29, 0.717) is 30.8 Å². The number of piperidine rings is 1. The summed E-state index contributed by atoms with van der Waals surface area (Å²) >= 11 is 0. The number of carboxylic acid groups (broad SMARTS) is 1. The summed E-state index contributed by atoms with van der Waals surface area (Å²) in [5.41, 5.74) is 3.59. The molecule has 1 aromatic rings. The van der Waals surface area contributed by atoms with Crippen LogP contribution in [0.15, 0.2) is 11.0 Å². The van der Waals surface area contributed by atoms with Gasteiger partial charge in [-0.15, -0.1) is 0 Å². The number of hydrogen-bond donors (Lipinski definition) is 1. The highest BCUT2D eigenvalue weighted by Crippen LogP contribution is 2.30. The molecule has 140 valence electrons. The average Bonchev–Trinajstić information content (AvgIpc) is 2.52. The molecule has 1 aliphatic rings. The fraction of sp³-hybridized carbons (Fsp3) is 0.611. The average molecular weight is 368 g/mol. The lowest BCUT2D eigenvalue weighted by Crippen LogP contribution is -2.46. The number of rotatable bonds is 5. The number of carbonyl (C=O) groups is 1. The van der Waals surface area contributed by atoms with E-state index >= 15 is 0 Å². The molecular formula is C18H28N2O4S. The zero-order valence-corrected chi connectivity index (χ0v) is 16.5. The van der Waals surface area contributed by atoms with Gasteiger partial charge in [-0.1, -0.05) is 6.07 Å². The Hall–Kier alpha value is -1.44. The first kappa shape index (κ1) is 19.9. The molecule has 0 amide bonds. The highest BCUT2D eigenvalue weighted by molar-refractivity contribution is 7.89. The predicted octanol–water partition coefficient (Wildman–Crippen LogP) is 2.09. The monoisotopic (exact) mass is 368 g/mol. The summed E-state index contributed by atoms with van der Waals surface area (Å²) in [5, 5.41) is 8.91. The van der Waals surface area contributed by atoms with Crippen LogP contribution in [0, 0.1) is 27.7 Å². The van der Waals surface area contributed by atoms with E-state index in [1.807, 2.05) is 33.8 Å². The van der Waals surface area contributed by atoms with Crippen LogP contribution in [0.3, 0.4) is 0 Å². The number of nitrogens with zero attached hydrogens (tertiary/aromatic N) is 2. The second-order valence-electron chi connectivity index (χ2n) is 7.03. The van der Waals surface area contributed by atoms with Gasteiger partial charge in [0.25, 0.3) is 0 Å². The number of hydrogen-bond acceptors (Lipinski definition) is 4. The molecule has 0 atom stereocenters. The first-order chi connectivity index (χ1) is 11.6. The maximum Gasteiger partial charge on any atom is 0.317 e. The lowest BCUT2D eigenvalue weighted by atomic mass is 10.0. The van der Waals surface area contributed by atoms with Gasteiger partial charge in [-0.25, -0.2) is 8.42 Å². The van der Waals surface area contributed by atoms with Gasteiger partial charge in [0.05, 0.1) is 11.4 Å². The van der Waals surface area contributed by atoms with Gasteiger partial charge in [0.1, 0.15) is 0 Å². The smallest absolute Gasteiger partial charge is 0.317 e. The number of sulfonamides is 1. The van der Waals surface area contributed by atoms with E-state index in [1.165, 1.54) is 0 Å². The Morgan fingerprint density at radius 1 is 1.16 bits per heavy atom. The molecule has 0 saturated carbocycles. The second-order valence-corrected chi connectivity index (χ2v) is 8.91. The minimum absolute atomic E-state index is 0.0211. The Balaban J connectivity index is 2.22. The zero-order chi connectivity index (χ0) is 18.9. The topological polar surface area (TPSA) is 77.9 Å². The molecule has 1 saturated heterocycles. The molecule has 1 fully saturated rings. The van der Waals surface area contributed by atoms with Crippen molar-refractivity contribution in [2.24, 2.45) is 0 Å². The van der Waals surface area contributed by atoms with Crippen molar-refractivity contribution < 1.29 is 18.3 Å². The van der Waals surface area contributed by atoms with Crippen LogP contribution in [-0.4, -0.2) is 61.4 Å². The van der Waals surface area contributed by atoms with Crippen molar-refractivity contribution in [2.75, 3.05) is 26.7 Å². The third kappa shape index (κ3) is 4.04. The van der Waals surface area contributed by atoms with Gasteiger partial charge in [0.2, 0.25) is 10.0 Å². The molecule has 1 N–H and O–H groups in total. The van der Waals surface area contributed by atoms with Gasteiger partial charge in [-0.05, 0) is 69.8 Å². The Morgan fingerprint density at radius 2 is 1.64 bits per heavy atom. The Kier molecular flexibility index (Phi) is 5.91. The zero-order valence-electron chi connectivity index (χ0n) is 15.7. The molecule has 7 heteroatoms. The first-order valence-corrected chi connectivity index (χ1v) is 9.99. The van der Waals surface area contributed by atoms with Crippen molar-refractivity contribution in [3.63, 3.8) is 0 Å². The molecule has 0 unspecified atom stereocenters. The lowest BCUT2D eigenvalue weighted by molar-refractivity contribution is -0.138. The third-order valence-corrected chi connectivity index (χ3v) is 7.50. The van der Waals surface area contributed by atoms with E-state index in [-0.39, 0.29) is 12.6 Å². The van der Waals surface area contributed by atoms with Crippen molar-refractivity contribution in [1.29, 1.82) is 0 Å². The van der Waals surface area contributed by atoms with Crippen molar-refractivity contribution in [3.05, 3.63) is 28.3 Å². The van der Waals surface area contributed by atoms with Crippen LogP contribution in [0.1, 0.15) is 35.1 Å². The van der Waals surface area contributed by atoms with Gasteiger partial charge >= 0.3 is 5.97 Å². The quantitative estimate of drug-likeness (QED) is 0.861. The first-order valence-electron chi connectivity index (χ1n) is 8.55. The highest BCUT2D eigenvalue weighted by atomic mass is 32.2. The maximum atomic E-state index is 13.2. The molecular weight excluding hydrogens is 340 g/mol. The summed E-state index contributed by atoms with van der Waals surface area (Å²) in [5.74, 6) is -0.862. The Morgan fingerprint density at radius 3 is 2.08 bits per heavy atom. The maximum absolute atomic E-state index is 13.2. The van der Waals surface area contributed by atoms with Gasteiger partial charge in [-0.2, -0.15) is 4.31 Å². The van der Waals surface area contributed by atoms with Crippen LogP contribution in [0.4, 0.5) is 0 Å². The summed E-state index contributed by atoms with van der Waals surface area (Å²) < 4.78 is 28.0. The summed E-state index contributed by atoms with van der Waals surface area (Å²) in [4.78, 5) is 13.1. The van der Waals surface area contributed by atoms with Crippen LogP contribution in [0.25, 0.3) is 0 Å². The Labute approximate surface area is 150 Å². The largest absolute Gasteiger partial charge is 0.480 e. The van der Waals surface area contributed by atoms with Crippen LogP contribution in [0.5, 0.6) is 0 Å². The van der Waals surface area contributed by atoms with E-state index in [2.05, 4.69) is 0 Å². The summed E-state index contributed by atoms with van der Waals surface area (Å²) in [7, 11) is -1.76. The number of aryl methyl sites for hydroxylation is 2. The lowest BCUT2D eigenvalue weighted by Gasteiger charge is -2.36. The van der Waals surface area contributed by atoms with E-state index in [4.69, 9.17) is 5.11 Å². The molecule has 0 aliphatic carbocycles. The summed E-state index contributed by atoms with van der Waals surface area (Å²) in [6, 6.07) is 2.13. The number of benzene rings is 1. The van der Waals surface area contributed by atoms with Crippen LogP contribution >= 0.6 is 0 Å². The van der Waals surface area contributed by atoms with Crippen LogP contribution in [0.2, 0.25) is 0 Å². The standard InChI is InChI=1S/C18H28N2O4S/c1-12-10-13(2)15(4)18(14(12)3)25(23,24)20-8-6-16(7-9-20)19(5)11-17(21)22/h10,16H,6-9,11H2,1-5H3,(H,21,22). The van der Waals surface area contributed by atoms with Crippen molar-refractivity contribution in [2.45, 2.75) is 51.5 Å². The van der Waals surface area contributed by atoms with Crippen molar-refractivity contribution in [3.8, 4) is 0 Å². The third-order valence-electron chi connectivity index (χ3n) is 5.33. The van der Waals surface area contributed by atoms with Gasteiger partial charge in [0.15, 0.2) is 0 Å². The van der Waals surface area contributed by atoms with Crippen LogP contribution < -0.4 is 0 Å². The summed E-state index contributed by atoms with van der Waals surface area (Å²) in [6.45, 7) is 8.42. The fourth-order valence-electron chi connectivity index (χ4n) is 3.56. The molecule has 0 bridgehead atoms. The molecule has 25 heavy (non-hydrogen) atoms. The molecule has 0 aromatic heterocycles. The number of carboxylic acids is 1. The number of likely N-dealkylation sites (N-methyl/N-ethyl adjacent to an activating group) is 1. The minimum Gasteiger partial charge on any atom is -0.480 e. The fourth-order valence-corrected chi connectivity index (χ4v) is 5.61. The molecule has 0 radical (unpaired) electrons. The Bertz CT molecular complexity index is 740. The van der Waals surface area contributed by atoms with E-state index in [1.54, 1.807) is 16.3 Å². The molecule has 2 rings (SSSR count). The minimum atomic E-state index is -3.54. The molecule has 1 aliphatic heterocycles. The van der Waals surface area contributed by atoms with Crippen molar-refractivity contribution in [1.82, 2.24) is 9.21 Å². The highest BCUT2D eigenvalue weighted by Gasteiger charge is 2.33. The summed E-state index contributed by atoms with van der Waals surface area (Å²) in [6.07, 6.45) is 1.29. The van der Waals surface area contributed by atoms with E-state index in [0.717, 1.165) is 22.3 Å². The molecule has 1 aromatic carbocycles.